The minimum absolute atomic E-state index is 0.174. The van der Waals surface area contributed by atoms with Crippen LogP contribution in [-0.2, 0) is 18.9 Å². The van der Waals surface area contributed by atoms with Crippen molar-refractivity contribution in [2.24, 2.45) is 0 Å². The Morgan fingerprint density at radius 1 is 0.792 bits per heavy atom. The summed E-state index contributed by atoms with van der Waals surface area (Å²) in [6, 6.07) is 19.1. The number of alkyl halides is 6. The first kappa shape index (κ1) is 33.2. The molecule has 3 aromatic carbocycles. The van der Waals surface area contributed by atoms with Crippen LogP contribution in [-0.4, -0.2) is 42.7 Å². The van der Waals surface area contributed by atoms with Crippen molar-refractivity contribution in [1.82, 2.24) is 24.9 Å². The van der Waals surface area contributed by atoms with Crippen molar-refractivity contribution in [3.05, 3.63) is 119 Å². The van der Waals surface area contributed by atoms with E-state index >= 15 is 0 Å². The lowest BCUT2D eigenvalue weighted by Gasteiger charge is -2.22. The fourth-order valence-electron chi connectivity index (χ4n) is 5.07. The van der Waals surface area contributed by atoms with Gasteiger partial charge in [-0.05, 0) is 55.5 Å². The van der Waals surface area contributed by atoms with E-state index in [1.807, 2.05) is 0 Å². The number of H-pyrrole nitrogens is 1. The number of carbonyl (C=O) groups excluding carboxylic acids is 2. The summed E-state index contributed by atoms with van der Waals surface area (Å²) < 4.78 is 79.2. The quantitative estimate of drug-likeness (QED) is 0.158. The number of imide groups is 1. The molecule has 2 aromatic heterocycles. The van der Waals surface area contributed by atoms with Crippen molar-refractivity contribution in [1.29, 1.82) is 10.5 Å². The second-order valence-electron chi connectivity index (χ2n) is 10.5. The van der Waals surface area contributed by atoms with Gasteiger partial charge in [-0.3, -0.25) is 24.3 Å². The Kier molecular flexibility index (Phi) is 8.90. The van der Waals surface area contributed by atoms with E-state index < -0.39 is 35.1 Å². The molecule has 242 valence electrons. The Hall–Kier alpha value is -6.22. The van der Waals surface area contributed by atoms with Crippen LogP contribution in [0.25, 0.3) is 22.5 Å². The van der Waals surface area contributed by atoms with Gasteiger partial charge in [-0.15, -0.1) is 0 Å². The number of nitrogens with zero attached hydrogens (tertiary/aromatic N) is 6. The molecule has 3 heterocycles. The molecule has 15 heteroatoms. The average molecular weight is 662 g/mol. The van der Waals surface area contributed by atoms with Gasteiger partial charge in [0.25, 0.3) is 11.8 Å². The molecule has 1 aliphatic heterocycles. The van der Waals surface area contributed by atoms with Gasteiger partial charge in [0.15, 0.2) is 0 Å². The highest BCUT2D eigenvalue weighted by molar-refractivity contribution is 6.21. The zero-order valence-electron chi connectivity index (χ0n) is 24.6. The van der Waals surface area contributed by atoms with Crippen molar-refractivity contribution in [3.63, 3.8) is 0 Å². The van der Waals surface area contributed by atoms with Crippen LogP contribution in [0.15, 0.2) is 85.2 Å². The maximum Gasteiger partial charge on any atom is 0.417 e. The molecule has 0 unspecified atom stereocenters. The van der Waals surface area contributed by atoms with Crippen LogP contribution in [0.3, 0.4) is 0 Å². The van der Waals surface area contributed by atoms with Gasteiger partial charge in [0, 0.05) is 23.5 Å². The average Bonchev–Trinajstić information content (AvgIpc) is 3.81. The molecule has 48 heavy (non-hydrogen) atoms. The molecule has 9 nitrogen and oxygen atoms in total. The lowest BCUT2D eigenvalue weighted by Crippen LogP contribution is -2.40. The first-order valence-electron chi connectivity index (χ1n) is 14.0. The van der Waals surface area contributed by atoms with E-state index in [1.165, 1.54) is 35.1 Å². The Morgan fingerprint density at radius 3 is 1.83 bits per heavy atom. The maximum absolute atomic E-state index is 13.2. The molecule has 1 N–H and O–H groups in total. The van der Waals surface area contributed by atoms with Gasteiger partial charge in [-0.25, -0.2) is 0 Å². The molecule has 1 atom stereocenters. The zero-order valence-corrected chi connectivity index (χ0v) is 24.6. The molecule has 0 saturated heterocycles. The second-order valence-corrected chi connectivity index (χ2v) is 10.5. The molecule has 1 aliphatic rings. The van der Waals surface area contributed by atoms with Crippen molar-refractivity contribution >= 4 is 11.8 Å². The first-order chi connectivity index (χ1) is 22.7. The van der Waals surface area contributed by atoms with Crippen molar-refractivity contribution in [2.75, 3.05) is 0 Å². The van der Waals surface area contributed by atoms with Crippen LogP contribution >= 0.6 is 0 Å². The van der Waals surface area contributed by atoms with Crippen LogP contribution in [0.4, 0.5) is 26.3 Å². The predicted molar refractivity (Wildman–Crippen MR) is 158 cm³/mol. The molecule has 5 aromatic rings. The standard InChI is InChI=1S/C22H15F3N4O2.C11H6F3N3/c1-13(29-20(30)16-4-2-3-5-17(16)21(29)31)12-28-9-8-19(27-28)14-6-7-15(11-26)18(10-14)22(23,24)25;12-11(13,14)9-5-7(1-2-8(9)6-15)10-3-4-16-17-10/h2-10,13H,12H2,1H3;1-5H,(H,16,17)/t13-;/m1./s1. The molecule has 0 aliphatic carbocycles. The van der Waals surface area contributed by atoms with Crippen molar-refractivity contribution in [3.8, 4) is 34.7 Å². The number of halogens is 6. The Balaban J connectivity index is 0.000000224. The molecular formula is C33H21F6N7O2. The number of carbonyl (C=O) groups is 2. The number of aromatic amines is 1. The maximum atomic E-state index is 13.2. The van der Waals surface area contributed by atoms with E-state index in [-0.39, 0.29) is 35.2 Å². The van der Waals surface area contributed by atoms with Crippen molar-refractivity contribution in [2.45, 2.75) is 31.9 Å². The normalized spacial score (nSPS) is 13.3. The molecular weight excluding hydrogens is 640 g/mol. The number of nitriles is 2. The summed E-state index contributed by atoms with van der Waals surface area (Å²) in [7, 11) is 0. The third-order valence-electron chi connectivity index (χ3n) is 7.36. The smallest absolute Gasteiger partial charge is 0.278 e. The number of fused-ring (bicyclic) bond motifs is 1. The molecule has 2 amide bonds. The molecule has 0 bridgehead atoms. The minimum atomic E-state index is -4.66. The monoisotopic (exact) mass is 661 g/mol. The van der Waals surface area contributed by atoms with E-state index in [4.69, 9.17) is 10.5 Å². The number of amides is 2. The third-order valence-corrected chi connectivity index (χ3v) is 7.36. The summed E-state index contributed by atoms with van der Waals surface area (Å²) in [4.78, 5) is 26.4. The molecule has 6 rings (SSSR count). The molecule has 0 spiro atoms. The SMILES string of the molecule is C[C@H](Cn1ccc(-c2ccc(C#N)c(C(F)(F)F)c2)n1)N1C(=O)c2ccccc2C1=O.N#Cc1ccc(-c2ccn[nH]2)cc1C(F)(F)F. The summed E-state index contributed by atoms with van der Waals surface area (Å²) in [6.45, 7) is 1.88. The van der Waals surface area contributed by atoms with Crippen LogP contribution < -0.4 is 0 Å². The van der Waals surface area contributed by atoms with Gasteiger partial charge in [0.05, 0.1) is 69.5 Å². The fourth-order valence-corrected chi connectivity index (χ4v) is 5.07. The van der Waals surface area contributed by atoms with E-state index in [0.717, 1.165) is 29.2 Å². The largest absolute Gasteiger partial charge is 0.417 e. The number of hydrogen-bond acceptors (Lipinski definition) is 6. The van der Waals surface area contributed by atoms with Crippen LogP contribution in [0.5, 0.6) is 0 Å². The number of aromatic nitrogens is 4. The number of nitrogens with one attached hydrogen (secondary N) is 1. The second kappa shape index (κ2) is 12.9. The summed E-state index contributed by atoms with van der Waals surface area (Å²) in [5.74, 6) is -0.773. The lowest BCUT2D eigenvalue weighted by molar-refractivity contribution is -0.138. The molecule has 0 radical (unpaired) electrons. The number of benzene rings is 3. The summed E-state index contributed by atoms with van der Waals surface area (Å²) >= 11 is 0. The van der Waals surface area contributed by atoms with Gasteiger partial charge >= 0.3 is 12.4 Å². The van der Waals surface area contributed by atoms with Gasteiger partial charge in [0.1, 0.15) is 0 Å². The summed E-state index contributed by atoms with van der Waals surface area (Å²) in [5, 5.41) is 28.1. The zero-order chi connectivity index (χ0) is 34.8. The predicted octanol–water partition coefficient (Wildman–Crippen LogP) is 7.09. The number of hydrogen-bond donors (Lipinski definition) is 1. The van der Waals surface area contributed by atoms with Crippen LogP contribution in [0.2, 0.25) is 0 Å². The van der Waals surface area contributed by atoms with Crippen LogP contribution in [0.1, 0.15) is 49.9 Å². The third kappa shape index (κ3) is 6.66. The highest BCUT2D eigenvalue weighted by Crippen LogP contribution is 2.35. The van der Waals surface area contributed by atoms with E-state index in [0.29, 0.717) is 22.4 Å². The van der Waals surface area contributed by atoms with Gasteiger partial charge in [0.2, 0.25) is 0 Å². The molecule has 0 fully saturated rings. The van der Waals surface area contributed by atoms with E-state index in [2.05, 4.69) is 15.3 Å². The number of rotatable bonds is 5. The highest BCUT2D eigenvalue weighted by atomic mass is 19.4. The van der Waals surface area contributed by atoms with Gasteiger partial charge in [-0.1, -0.05) is 24.3 Å². The Morgan fingerprint density at radius 2 is 1.33 bits per heavy atom. The minimum Gasteiger partial charge on any atom is -0.278 e. The highest BCUT2D eigenvalue weighted by Gasteiger charge is 2.38. The van der Waals surface area contributed by atoms with E-state index in [9.17, 15) is 35.9 Å². The topological polar surface area (TPSA) is 131 Å². The lowest BCUT2D eigenvalue weighted by atomic mass is 10.0. The van der Waals surface area contributed by atoms with E-state index in [1.54, 1.807) is 49.5 Å². The summed E-state index contributed by atoms with van der Waals surface area (Å²) in [6.07, 6.45) is -6.19. The van der Waals surface area contributed by atoms with Gasteiger partial charge < -0.3 is 0 Å². The summed E-state index contributed by atoms with van der Waals surface area (Å²) in [5.41, 5.74) is -0.823. The molecule has 0 saturated carbocycles. The Labute approximate surface area is 268 Å². The fraction of sp³-hybridized carbons (Fsp3) is 0.152. The first-order valence-corrected chi connectivity index (χ1v) is 14.0. The Bertz CT molecular complexity index is 2050. The van der Waals surface area contributed by atoms with Crippen molar-refractivity contribution < 1.29 is 35.9 Å². The van der Waals surface area contributed by atoms with Crippen LogP contribution in [0, 0.1) is 22.7 Å². The van der Waals surface area contributed by atoms with Gasteiger partial charge in [-0.2, -0.15) is 47.1 Å².